The first-order chi connectivity index (χ1) is 11.5. The number of carbonyl (C=O) groups excluding carboxylic acids is 1. The van der Waals surface area contributed by atoms with Crippen LogP contribution in [0.4, 0.5) is 5.69 Å². The van der Waals surface area contributed by atoms with Gasteiger partial charge in [-0.1, -0.05) is 34.8 Å². The summed E-state index contributed by atoms with van der Waals surface area (Å²) in [6.07, 6.45) is 0. The van der Waals surface area contributed by atoms with Gasteiger partial charge in [-0.3, -0.25) is 9.69 Å². The van der Waals surface area contributed by atoms with Crippen molar-refractivity contribution in [2.75, 3.05) is 31.6 Å². The minimum atomic E-state index is -0.334. The van der Waals surface area contributed by atoms with E-state index in [4.69, 9.17) is 39.5 Å². The predicted octanol–water partition coefficient (Wildman–Crippen LogP) is 4.19. The Morgan fingerprint density at radius 3 is 2.67 bits per heavy atom. The second-order valence-corrected chi connectivity index (χ2v) is 7.38. The molecule has 1 amide bonds. The van der Waals surface area contributed by atoms with Crippen LogP contribution in [-0.2, 0) is 11.3 Å². The van der Waals surface area contributed by atoms with Crippen LogP contribution in [0, 0.1) is 0 Å². The highest BCUT2D eigenvalue weighted by molar-refractivity contribution is 7.09. The number of carbonyl (C=O) groups is 1. The van der Waals surface area contributed by atoms with Crippen molar-refractivity contribution < 1.29 is 9.53 Å². The smallest absolute Gasteiger partial charge is 0.275 e. The van der Waals surface area contributed by atoms with Crippen LogP contribution in [0.15, 0.2) is 17.5 Å². The van der Waals surface area contributed by atoms with Crippen LogP contribution >= 0.6 is 46.1 Å². The molecular formula is C15H14Cl3N3O2S. The summed E-state index contributed by atoms with van der Waals surface area (Å²) in [6, 6.07) is 3.01. The number of anilines is 1. The topological polar surface area (TPSA) is 54.5 Å². The van der Waals surface area contributed by atoms with Gasteiger partial charge < -0.3 is 10.1 Å². The lowest BCUT2D eigenvalue weighted by atomic mass is 10.3. The number of amides is 1. The summed E-state index contributed by atoms with van der Waals surface area (Å²) in [4.78, 5) is 19.0. The third kappa shape index (κ3) is 4.39. The summed E-state index contributed by atoms with van der Waals surface area (Å²) in [6.45, 7) is 3.93. The minimum Gasteiger partial charge on any atom is -0.379 e. The fraction of sp³-hybridized carbons (Fsp3) is 0.333. The molecule has 0 unspecified atom stereocenters. The molecule has 24 heavy (non-hydrogen) atoms. The van der Waals surface area contributed by atoms with E-state index in [1.54, 1.807) is 5.38 Å². The Labute approximate surface area is 158 Å². The van der Waals surface area contributed by atoms with Crippen molar-refractivity contribution >= 4 is 57.7 Å². The van der Waals surface area contributed by atoms with Crippen molar-refractivity contribution in [3.8, 4) is 0 Å². The first-order valence-corrected chi connectivity index (χ1v) is 9.24. The summed E-state index contributed by atoms with van der Waals surface area (Å²) in [5, 5.41) is 6.31. The molecule has 128 valence electrons. The number of benzene rings is 1. The first kappa shape index (κ1) is 17.9. The zero-order valence-electron chi connectivity index (χ0n) is 12.5. The molecule has 1 aromatic heterocycles. The highest BCUT2D eigenvalue weighted by Crippen LogP contribution is 2.32. The van der Waals surface area contributed by atoms with Crippen LogP contribution in [0.1, 0.15) is 15.5 Å². The number of nitrogens with one attached hydrogen (secondary N) is 1. The van der Waals surface area contributed by atoms with E-state index >= 15 is 0 Å². The van der Waals surface area contributed by atoms with Crippen LogP contribution in [0.5, 0.6) is 0 Å². The molecule has 5 nitrogen and oxygen atoms in total. The Balaban J connectivity index is 1.66. The van der Waals surface area contributed by atoms with E-state index in [2.05, 4.69) is 15.2 Å². The lowest BCUT2D eigenvalue weighted by Crippen LogP contribution is -2.35. The molecule has 0 radical (unpaired) electrons. The standard InChI is InChI=1S/C15H14Cl3N3O2S/c16-9-5-11(18)12(6-10(9)17)20-15(22)13-8-24-14(19-13)7-21-1-3-23-4-2-21/h5-6,8H,1-4,7H2,(H,20,22). The third-order valence-corrected chi connectivity index (χ3v) is 5.37. The van der Waals surface area contributed by atoms with Gasteiger partial charge >= 0.3 is 0 Å². The molecule has 1 aliphatic heterocycles. The number of hydrogen-bond donors (Lipinski definition) is 1. The normalized spacial score (nSPS) is 15.5. The van der Waals surface area contributed by atoms with Gasteiger partial charge in [-0.2, -0.15) is 0 Å². The first-order valence-electron chi connectivity index (χ1n) is 7.23. The Hall–Kier alpha value is -0.890. The van der Waals surface area contributed by atoms with Crippen molar-refractivity contribution in [2.24, 2.45) is 0 Å². The second-order valence-electron chi connectivity index (χ2n) is 5.22. The van der Waals surface area contributed by atoms with E-state index in [0.717, 1.165) is 37.9 Å². The van der Waals surface area contributed by atoms with Crippen molar-refractivity contribution in [2.45, 2.75) is 6.54 Å². The summed E-state index contributed by atoms with van der Waals surface area (Å²) in [5.41, 5.74) is 0.754. The van der Waals surface area contributed by atoms with Gasteiger partial charge in [0.1, 0.15) is 10.7 Å². The molecule has 2 heterocycles. The summed E-state index contributed by atoms with van der Waals surface area (Å²) in [5.74, 6) is -0.334. The molecule has 2 aromatic rings. The molecular weight excluding hydrogens is 393 g/mol. The maximum atomic E-state index is 12.3. The van der Waals surface area contributed by atoms with Gasteiger partial charge in [0.05, 0.1) is 40.5 Å². The molecule has 9 heteroatoms. The summed E-state index contributed by atoms with van der Waals surface area (Å²) < 4.78 is 5.32. The van der Waals surface area contributed by atoms with Crippen LogP contribution in [-0.4, -0.2) is 42.1 Å². The third-order valence-electron chi connectivity index (χ3n) is 3.51. The van der Waals surface area contributed by atoms with E-state index in [0.29, 0.717) is 26.4 Å². The van der Waals surface area contributed by atoms with E-state index in [9.17, 15) is 4.79 Å². The van der Waals surface area contributed by atoms with Crippen molar-refractivity contribution in [3.63, 3.8) is 0 Å². The Morgan fingerprint density at radius 2 is 1.92 bits per heavy atom. The van der Waals surface area contributed by atoms with Crippen LogP contribution in [0.3, 0.4) is 0 Å². The maximum absolute atomic E-state index is 12.3. The molecule has 0 atom stereocenters. The Kier molecular flexibility index (Phi) is 5.97. The number of nitrogens with zero attached hydrogens (tertiary/aromatic N) is 2. The van der Waals surface area contributed by atoms with Crippen LogP contribution in [0.2, 0.25) is 15.1 Å². The highest BCUT2D eigenvalue weighted by Gasteiger charge is 2.16. The number of thiazole rings is 1. The van der Waals surface area contributed by atoms with Gasteiger partial charge in [0.15, 0.2) is 0 Å². The summed E-state index contributed by atoms with van der Waals surface area (Å²) in [7, 11) is 0. The lowest BCUT2D eigenvalue weighted by molar-refractivity contribution is 0.0341. The van der Waals surface area contributed by atoms with Crippen LogP contribution in [0.25, 0.3) is 0 Å². The zero-order chi connectivity index (χ0) is 17.1. The monoisotopic (exact) mass is 405 g/mol. The van der Waals surface area contributed by atoms with Crippen molar-refractivity contribution in [1.29, 1.82) is 0 Å². The van der Waals surface area contributed by atoms with Crippen molar-refractivity contribution in [3.05, 3.63) is 43.3 Å². The minimum absolute atomic E-state index is 0.321. The number of ether oxygens (including phenoxy) is 1. The summed E-state index contributed by atoms with van der Waals surface area (Å²) >= 11 is 19.4. The van der Waals surface area contributed by atoms with E-state index in [-0.39, 0.29) is 5.91 Å². The highest BCUT2D eigenvalue weighted by atomic mass is 35.5. The molecule has 1 saturated heterocycles. The van der Waals surface area contributed by atoms with E-state index in [1.165, 1.54) is 23.5 Å². The van der Waals surface area contributed by atoms with Gasteiger partial charge in [-0.15, -0.1) is 11.3 Å². The average Bonchev–Trinajstić information content (AvgIpc) is 3.02. The fourth-order valence-corrected chi connectivity index (χ4v) is 3.65. The molecule has 0 bridgehead atoms. The largest absolute Gasteiger partial charge is 0.379 e. The number of halogens is 3. The van der Waals surface area contributed by atoms with Gasteiger partial charge in [-0.05, 0) is 12.1 Å². The SMILES string of the molecule is O=C(Nc1cc(Cl)c(Cl)cc1Cl)c1csc(CN2CCOCC2)n1. The molecule has 0 saturated carbocycles. The van der Waals surface area contributed by atoms with Crippen LogP contribution < -0.4 is 5.32 Å². The van der Waals surface area contributed by atoms with Gasteiger partial charge in [0, 0.05) is 18.5 Å². The van der Waals surface area contributed by atoms with Crippen molar-refractivity contribution in [1.82, 2.24) is 9.88 Å². The molecule has 1 N–H and O–H groups in total. The van der Waals surface area contributed by atoms with Gasteiger partial charge in [-0.25, -0.2) is 4.98 Å². The van der Waals surface area contributed by atoms with Gasteiger partial charge in [0.25, 0.3) is 5.91 Å². The van der Waals surface area contributed by atoms with E-state index < -0.39 is 0 Å². The fourth-order valence-electron chi connectivity index (χ4n) is 2.24. The molecule has 0 spiro atoms. The molecule has 1 fully saturated rings. The quantitative estimate of drug-likeness (QED) is 0.774. The number of hydrogen-bond acceptors (Lipinski definition) is 5. The van der Waals surface area contributed by atoms with Gasteiger partial charge in [0.2, 0.25) is 0 Å². The molecule has 0 aliphatic carbocycles. The molecule has 1 aromatic carbocycles. The second kappa shape index (κ2) is 7.99. The lowest BCUT2D eigenvalue weighted by Gasteiger charge is -2.25. The number of morpholine rings is 1. The Morgan fingerprint density at radius 1 is 1.21 bits per heavy atom. The predicted molar refractivity (Wildman–Crippen MR) is 97.6 cm³/mol. The van der Waals surface area contributed by atoms with E-state index in [1.807, 2.05) is 0 Å². The molecule has 1 aliphatic rings. The average molecular weight is 407 g/mol. The maximum Gasteiger partial charge on any atom is 0.275 e. The zero-order valence-corrected chi connectivity index (χ0v) is 15.6. The number of aromatic nitrogens is 1. The molecule has 3 rings (SSSR count). The number of rotatable bonds is 4. The Bertz CT molecular complexity index is 748.